The lowest BCUT2D eigenvalue weighted by Crippen LogP contribution is -2.42. The third kappa shape index (κ3) is 6.38. The van der Waals surface area contributed by atoms with Gasteiger partial charge in [0.1, 0.15) is 5.75 Å². The normalized spacial score (nSPS) is 16.4. The molecular formula is C16H22F3N3O. The third-order valence-electron chi connectivity index (χ3n) is 3.78. The molecule has 0 amide bonds. The summed E-state index contributed by atoms with van der Waals surface area (Å²) in [5.74, 6) is 0.571. The molecule has 1 aliphatic carbocycles. The monoisotopic (exact) mass is 329 g/mol. The highest BCUT2D eigenvalue weighted by molar-refractivity contribution is 5.79. The molecule has 0 aromatic heterocycles. The van der Waals surface area contributed by atoms with Crippen LogP contribution >= 0.6 is 0 Å². The minimum Gasteiger partial charge on any atom is -0.406 e. The number of hydrogen-bond acceptors (Lipinski definition) is 2. The van der Waals surface area contributed by atoms with E-state index in [0.29, 0.717) is 19.0 Å². The van der Waals surface area contributed by atoms with Crippen LogP contribution < -0.4 is 15.4 Å². The molecule has 4 nitrogen and oxygen atoms in total. The van der Waals surface area contributed by atoms with E-state index in [1.165, 1.54) is 37.8 Å². The Labute approximate surface area is 134 Å². The van der Waals surface area contributed by atoms with Crippen LogP contribution in [0.1, 0.15) is 31.2 Å². The van der Waals surface area contributed by atoms with Crippen molar-refractivity contribution in [1.29, 1.82) is 0 Å². The maximum Gasteiger partial charge on any atom is 0.573 e. The molecule has 7 heteroatoms. The van der Waals surface area contributed by atoms with Gasteiger partial charge in [-0.2, -0.15) is 0 Å². The van der Waals surface area contributed by atoms with E-state index in [1.807, 2.05) is 0 Å². The number of nitrogens with one attached hydrogen (secondary N) is 2. The number of nitrogens with zero attached hydrogens (tertiary/aromatic N) is 1. The lowest BCUT2D eigenvalue weighted by molar-refractivity contribution is -0.274. The quantitative estimate of drug-likeness (QED) is 0.644. The minimum atomic E-state index is -4.65. The van der Waals surface area contributed by atoms with E-state index in [-0.39, 0.29) is 5.75 Å². The second-order valence-corrected chi connectivity index (χ2v) is 5.57. The van der Waals surface area contributed by atoms with Crippen LogP contribution in [0.3, 0.4) is 0 Å². The Morgan fingerprint density at radius 1 is 1.22 bits per heavy atom. The largest absolute Gasteiger partial charge is 0.573 e. The van der Waals surface area contributed by atoms with Crippen molar-refractivity contribution in [3.8, 4) is 5.75 Å². The van der Waals surface area contributed by atoms with Gasteiger partial charge in [0.25, 0.3) is 0 Å². The van der Waals surface area contributed by atoms with E-state index in [1.54, 1.807) is 19.2 Å². The number of ether oxygens (including phenoxy) is 1. The predicted molar refractivity (Wildman–Crippen MR) is 83.6 cm³/mol. The first-order valence-electron chi connectivity index (χ1n) is 7.78. The van der Waals surface area contributed by atoms with Crippen molar-refractivity contribution in [2.45, 2.75) is 44.5 Å². The smallest absolute Gasteiger partial charge is 0.406 e. The SMILES string of the molecule is CN=C(NCCc1ccc(OC(F)(F)F)cc1)NC1CCCC1. The van der Waals surface area contributed by atoms with Crippen LogP contribution in [0, 0.1) is 0 Å². The molecule has 0 heterocycles. The molecule has 1 saturated carbocycles. The average Bonchev–Trinajstić information content (AvgIpc) is 2.99. The zero-order valence-electron chi connectivity index (χ0n) is 13.1. The summed E-state index contributed by atoms with van der Waals surface area (Å²) in [6.45, 7) is 0.659. The Morgan fingerprint density at radius 2 is 1.87 bits per heavy atom. The van der Waals surface area contributed by atoms with Gasteiger partial charge < -0.3 is 15.4 Å². The van der Waals surface area contributed by atoms with Crippen LogP contribution in [0.15, 0.2) is 29.3 Å². The number of guanidine groups is 1. The number of alkyl halides is 3. The van der Waals surface area contributed by atoms with Gasteiger partial charge in [0.05, 0.1) is 0 Å². The second kappa shape index (κ2) is 8.08. The second-order valence-electron chi connectivity index (χ2n) is 5.57. The van der Waals surface area contributed by atoms with Gasteiger partial charge in [0.15, 0.2) is 5.96 Å². The van der Waals surface area contributed by atoms with Crippen molar-refractivity contribution in [3.63, 3.8) is 0 Å². The molecule has 1 aliphatic rings. The van der Waals surface area contributed by atoms with E-state index in [2.05, 4.69) is 20.4 Å². The number of halogens is 3. The summed E-state index contributed by atoms with van der Waals surface area (Å²) in [6, 6.07) is 6.41. The minimum absolute atomic E-state index is 0.201. The first-order chi connectivity index (χ1) is 11.0. The fourth-order valence-corrected chi connectivity index (χ4v) is 2.64. The summed E-state index contributed by atoms with van der Waals surface area (Å²) in [5.41, 5.74) is 0.934. The van der Waals surface area contributed by atoms with E-state index in [9.17, 15) is 13.2 Å². The maximum atomic E-state index is 12.1. The zero-order valence-corrected chi connectivity index (χ0v) is 13.1. The average molecular weight is 329 g/mol. The van der Waals surface area contributed by atoms with Crippen LogP contribution in [-0.2, 0) is 6.42 Å². The molecule has 2 rings (SSSR count). The summed E-state index contributed by atoms with van der Waals surface area (Å²) >= 11 is 0. The van der Waals surface area contributed by atoms with Gasteiger partial charge in [-0.25, -0.2) is 0 Å². The molecular weight excluding hydrogens is 307 g/mol. The zero-order chi connectivity index (χ0) is 16.7. The van der Waals surface area contributed by atoms with Crippen molar-refractivity contribution < 1.29 is 17.9 Å². The molecule has 128 valence electrons. The van der Waals surface area contributed by atoms with Gasteiger partial charge in [-0.1, -0.05) is 25.0 Å². The Morgan fingerprint density at radius 3 is 2.43 bits per heavy atom. The van der Waals surface area contributed by atoms with Gasteiger partial charge >= 0.3 is 6.36 Å². The molecule has 0 radical (unpaired) electrons. The van der Waals surface area contributed by atoms with Crippen LogP contribution in [0.25, 0.3) is 0 Å². The molecule has 1 aromatic carbocycles. The van der Waals surface area contributed by atoms with Gasteiger partial charge in [0.2, 0.25) is 0 Å². The lowest BCUT2D eigenvalue weighted by Gasteiger charge is -2.16. The Bertz CT molecular complexity index is 508. The summed E-state index contributed by atoms with van der Waals surface area (Å²) in [4.78, 5) is 4.19. The molecule has 1 aromatic rings. The topological polar surface area (TPSA) is 45.7 Å². The molecule has 0 unspecified atom stereocenters. The van der Waals surface area contributed by atoms with Crippen molar-refractivity contribution in [2.24, 2.45) is 4.99 Å². The van der Waals surface area contributed by atoms with Crippen molar-refractivity contribution in [2.75, 3.05) is 13.6 Å². The third-order valence-corrected chi connectivity index (χ3v) is 3.78. The highest BCUT2D eigenvalue weighted by Crippen LogP contribution is 2.22. The summed E-state index contributed by atoms with van der Waals surface area (Å²) in [7, 11) is 1.73. The van der Waals surface area contributed by atoms with Crippen molar-refractivity contribution in [1.82, 2.24) is 10.6 Å². The van der Waals surface area contributed by atoms with Gasteiger partial charge in [0, 0.05) is 19.6 Å². The molecule has 0 bridgehead atoms. The highest BCUT2D eigenvalue weighted by Gasteiger charge is 2.30. The molecule has 0 aliphatic heterocycles. The van der Waals surface area contributed by atoms with Crippen LogP contribution in [0.2, 0.25) is 0 Å². The Kier molecular flexibility index (Phi) is 6.12. The molecule has 0 saturated heterocycles. The van der Waals surface area contributed by atoms with Crippen LogP contribution in [0.4, 0.5) is 13.2 Å². The number of aliphatic imine (C=N–C) groups is 1. The fraction of sp³-hybridized carbons (Fsp3) is 0.562. The number of hydrogen-bond donors (Lipinski definition) is 2. The fourth-order valence-electron chi connectivity index (χ4n) is 2.64. The van der Waals surface area contributed by atoms with E-state index < -0.39 is 6.36 Å². The predicted octanol–water partition coefficient (Wildman–Crippen LogP) is 3.24. The first-order valence-corrected chi connectivity index (χ1v) is 7.78. The Balaban J connectivity index is 1.74. The molecule has 2 N–H and O–H groups in total. The summed E-state index contributed by atoms with van der Waals surface area (Å²) < 4.78 is 40.1. The lowest BCUT2D eigenvalue weighted by atomic mass is 10.1. The standard InChI is InChI=1S/C16H22F3N3O/c1-20-15(22-13-4-2-3-5-13)21-11-10-12-6-8-14(9-7-12)23-16(17,18)19/h6-9,13H,2-5,10-11H2,1H3,(H2,20,21,22). The van der Waals surface area contributed by atoms with E-state index in [0.717, 1.165) is 11.5 Å². The van der Waals surface area contributed by atoms with Crippen LogP contribution in [-0.4, -0.2) is 32.0 Å². The van der Waals surface area contributed by atoms with E-state index in [4.69, 9.17) is 0 Å². The Hall–Kier alpha value is -1.92. The van der Waals surface area contributed by atoms with Crippen LogP contribution in [0.5, 0.6) is 5.75 Å². The van der Waals surface area contributed by atoms with Gasteiger partial charge in [-0.3, -0.25) is 4.99 Å². The van der Waals surface area contributed by atoms with Gasteiger partial charge in [-0.05, 0) is 37.0 Å². The van der Waals surface area contributed by atoms with Crippen molar-refractivity contribution in [3.05, 3.63) is 29.8 Å². The summed E-state index contributed by atoms with van der Waals surface area (Å²) in [5, 5.41) is 6.61. The van der Waals surface area contributed by atoms with Gasteiger partial charge in [-0.15, -0.1) is 13.2 Å². The first kappa shape index (κ1) is 17.4. The van der Waals surface area contributed by atoms with Crippen molar-refractivity contribution >= 4 is 5.96 Å². The summed E-state index contributed by atoms with van der Waals surface area (Å²) in [6.07, 6.45) is 0.879. The molecule has 1 fully saturated rings. The number of rotatable bonds is 5. The van der Waals surface area contributed by atoms with E-state index >= 15 is 0 Å². The molecule has 23 heavy (non-hydrogen) atoms. The molecule has 0 spiro atoms. The highest BCUT2D eigenvalue weighted by atomic mass is 19.4. The number of benzene rings is 1. The maximum absolute atomic E-state index is 12.1. The molecule has 0 atom stereocenters.